The molecule has 0 bridgehead atoms. The average Bonchev–Trinajstić information content (AvgIpc) is 2.63. The lowest BCUT2D eigenvalue weighted by atomic mass is 10.0. The third-order valence-corrected chi connectivity index (χ3v) is 4.46. The fourth-order valence-electron chi connectivity index (χ4n) is 3.16. The number of aryl methyl sites for hydroxylation is 1. The molecule has 1 atom stereocenters. The summed E-state index contributed by atoms with van der Waals surface area (Å²) in [6.45, 7) is 13.6. The topological polar surface area (TPSA) is 15.3 Å². The van der Waals surface area contributed by atoms with Gasteiger partial charge >= 0.3 is 0 Å². The van der Waals surface area contributed by atoms with Crippen LogP contribution in [0.3, 0.4) is 0 Å². The number of nitrogens with zero attached hydrogens (tertiary/aromatic N) is 1. The summed E-state index contributed by atoms with van der Waals surface area (Å²) in [6.07, 6.45) is 4.03. The molecule has 1 unspecified atom stereocenters. The standard InChI is InChI=1S/C19H32N2/c1-15(2)13-20-14-18-12-17(4)7-8-19(18)21-10-5-6-16(3)9-11-21/h7-8,12,15-16,20H,5-6,9-11,13-14H2,1-4H3. The van der Waals surface area contributed by atoms with E-state index in [1.165, 1.54) is 49.2 Å². The first-order valence-electron chi connectivity index (χ1n) is 8.61. The van der Waals surface area contributed by atoms with Gasteiger partial charge in [-0.3, -0.25) is 0 Å². The van der Waals surface area contributed by atoms with Gasteiger partial charge in [-0.1, -0.05) is 38.5 Å². The summed E-state index contributed by atoms with van der Waals surface area (Å²) in [5.41, 5.74) is 4.28. The van der Waals surface area contributed by atoms with E-state index in [1.54, 1.807) is 0 Å². The molecule has 1 aromatic rings. The first kappa shape index (κ1) is 16.4. The quantitative estimate of drug-likeness (QED) is 0.865. The highest BCUT2D eigenvalue weighted by atomic mass is 15.1. The normalized spacial score (nSPS) is 19.9. The van der Waals surface area contributed by atoms with Crippen LogP contribution in [0.2, 0.25) is 0 Å². The van der Waals surface area contributed by atoms with Crippen molar-refractivity contribution in [1.82, 2.24) is 5.32 Å². The van der Waals surface area contributed by atoms with Crippen molar-refractivity contribution in [2.75, 3.05) is 24.5 Å². The molecule has 0 radical (unpaired) electrons. The number of benzene rings is 1. The van der Waals surface area contributed by atoms with Crippen molar-refractivity contribution in [1.29, 1.82) is 0 Å². The summed E-state index contributed by atoms with van der Waals surface area (Å²) >= 11 is 0. The molecule has 2 rings (SSSR count). The maximum Gasteiger partial charge on any atom is 0.0412 e. The second kappa shape index (κ2) is 7.84. The molecule has 0 spiro atoms. The van der Waals surface area contributed by atoms with Crippen LogP contribution in [0.1, 0.15) is 51.2 Å². The van der Waals surface area contributed by atoms with Gasteiger partial charge in [0.2, 0.25) is 0 Å². The molecular formula is C19H32N2. The second-order valence-electron chi connectivity index (χ2n) is 7.18. The van der Waals surface area contributed by atoms with Gasteiger partial charge in [-0.25, -0.2) is 0 Å². The zero-order chi connectivity index (χ0) is 15.2. The van der Waals surface area contributed by atoms with Crippen molar-refractivity contribution < 1.29 is 0 Å². The van der Waals surface area contributed by atoms with Crippen molar-refractivity contribution in [2.24, 2.45) is 11.8 Å². The van der Waals surface area contributed by atoms with E-state index in [2.05, 4.69) is 56.1 Å². The number of hydrogen-bond acceptors (Lipinski definition) is 2. The number of rotatable bonds is 5. The number of anilines is 1. The predicted molar refractivity (Wildman–Crippen MR) is 93.0 cm³/mol. The maximum absolute atomic E-state index is 3.61. The molecule has 1 fully saturated rings. The average molecular weight is 288 g/mol. The highest BCUT2D eigenvalue weighted by Crippen LogP contribution is 2.26. The van der Waals surface area contributed by atoms with Gasteiger partial charge in [-0.15, -0.1) is 0 Å². The van der Waals surface area contributed by atoms with Gasteiger partial charge in [0.15, 0.2) is 0 Å². The van der Waals surface area contributed by atoms with Gasteiger partial charge in [-0.05, 0) is 56.2 Å². The molecule has 2 nitrogen and oxygen atoms in total. The Kier molecular flexibility index (Phi) is 6.10. The Labute approximate surface area is 130 Å². The van der Waals surface area contributed by atoms with Gasteiger partial charge in [0, 0.05) is 25.3 Å². The molecule has 1 N–H and O–H groups in total. The van der Waals surface area contributed by atoms with Crippen LogP contribution in [-0.2, 0) is 6.54 Å². The van der Waals surface area contributed by atoms with Crippen LogP contribution in [0.4, 0.5) is 5.69 Å². The highest BCUT2D eigenvalue weighted by molar-refractivity contribution is 5.55. The molecule has 1 aliphatic rings. The molecular weight excluding hydrogens is 256 g/mol. The molecule has 0 saturated carbocycles. The van der Waals surface area contributed by atoms with Crippen LogP contribution in [0.5, 0.6) is 0 Å². The third-order valence-electron chi connectivity index (χ3n) is 4.46. The molecule has 1 aromatic carbocycles. The molecule has 0 aliphatic carbocycles. The fourth-order valence-corrected chi connectivity index (χ4v) is 3.16. The van der Waals surface area contributed by atoms with Gasteiger partial charge in [0.1, 0.15) is 0 Å². The summed E-state index contributed by atoms with van der Waals surface area (Å²) in [5, 5.41) is 3.61. The van der Waals surface area contributed by atoms with Crippen LogP contribution in [0, 0.1) is 18.8 Å². The largest absolute Gasteiger partial charge is 0.371 e. The first-order chi connectivity index (χ1) is 10.1. The van der Waals surface area contributed by atoms with Crippen LogP contribution >= 0.6 is 0 Å². The minimum absolute atomic E-state index is 0.706. The minimum Gasteiger partial charge on any atom is -0.371 e. The third kappa shape index (κ3) is 5.03. The minimum atomic E-state index is 0.706. The Morgan fingerprint density at radius 1 is 1.24 bits per heavy atom. The van der Waals surface area contributed by atoms with Crippen LogP contribution in [-0.4, -0.2) is 19.6 Å². The SMILES string of the molecule is Cc1ccc(N2CCCC(C)CC2)c(CNCC(C)C)c1. The highest BCUT2D eigenvalue weighted by Gasteiger charge is 2.16. The van der Waals surface area contributed by atoms with Gasteiger partial charge in [0.25, 0.3) is 0 Å². The van der Waals surface area contributed by atoms with E-state index in [4.69, 9.17) is 0 Å². The van der Waals surface area contributed by atoms with E-state index in [1.807, 2.05) is 0 Å². The van der Waals surface area contributed by atoms with E-state index in [9.17, 15) is 0 Å². The molecule has 0 aromatic heterocycles. The summed E-state index contributed by atoms with van der Waals surface area (Å²) in [7, 11) is 0. The Balaban J connectivity index is 2.09. The van der Waals surface area contributed by atoms with E-state index in [0.717, 1.165) is 19.0 Å². The molecule has 21 heavy (non-hydrogen) atoms. The molecule has 0 amide bonds. The molecule has 1 heterocycles. The fraction of sp³-hybridized carbons (Fsp3) is 0.684. The Morgan fingerprint density at radius 3 is 2.81 bits per heavy atom. The zero-order valence-corrected chi connectivity index (χ0v) is 14.3. The number of hydrogen-bond donors (Lipinski definition) is 1. The molecule has 118 valence electrons. The van der Waals surface area contributed by atoms with Gasteiger partial charge in [-0.2, -0.15) is 0 Å². The van der Waals surface area contributed by atoms with E-state index in [0.29, 0.717) is 5.92 Å². The summed E-state index contributed by atoms with van der Waals surface area (Å²) in [6, 6.07) is 6.95. The zero-order valence-electron chi connectivity index (χ0n) is 14.3. The molecule has 1 aliphatic heterocycles. The van der Waals surface area contributed by atoms with Crippen molar-refractivity contribution in [2.45, 2.75) is 53.5 Å². The first-order valence-corrected chi connectivity index (χ1v) is 8.61. The smallest absolute Gasteiger partial charge is 0.0412 e. The Morgan fingerprint density at radius 2 is 2.05 bits per heavy atom. The Bertz CT molecular complexity index is 439. The van der Waals surface area contributed by atoms with E-state index < -0.39 is 0 Å². The summed E-state index contributed by atoms with van der Waals surface area (Å²) < 4.78 is 0. The van der Waals surface area contributed by atoms with Crippen molar-refractivity contribution >= 4 is 5.69 Å². The van der Waals surface area contributed by atoms with Crippen molar-refractivity contribution in [3.05, 3.63) is 29.3 Å². The lowest BCUT2D eigenvalue weighted by molar-refractivity contribution is 0.521. The molecule has 1 saturated heterocycles. The maximum atomic E-state index is 3.61. The van der Waals surface area contributed by atoms with E-state index in [-0.39, 0.29) is 0 Å². The monoisotopic (exact) mass is 288 g/mol. The Hall–Kier alpha value is -1.02. The number of nitrogens with one attached hydrogen (secondary N) is 1. The van der Waals surface area contributed by atoms with Crippen molar-refractivity contribution in [3.8, 4) is 0 Å². The summed E-state index contributed by atoms with van der Waals surface area (Å²) in [5.74, 6) is 1.58. The lowest BCUT2D eigenvalue weighted by Crippen LogP contribution is -2.27. The van der Waals surface area contributed by atoms with Gasteiger partial charge in [0.05, 0.1) is 0 Å². The van der Waals surface area contributed by atoms with Gasteiger partial charge < -0.3 is 10.2 Å². The van der Waals surface area contributed by atoms with Crippen LogP contribution in [0.15, 0.2) is 18.2 Å². The predicted octanol–water partition coefficient (Wildman–Crippen LogP) is 4.37. The summed E-state index contributed by atoms with van der Waals surface area (Å²) in [4.78, 5) is 2.61. The molecule has 2 heteroatoms. The van der Waals surface area contributed by atoms with Crippen LogP contribution in [0.25, 0.3) is 0 Å². The van der Waals surface area contributed by atoms with Crippen molar-refractivity contribution in [3.63, 3.8) is 0 Å². The lowest BCUT2D eigenvalue weighted by Gasteiger charge is -2.26. The second-order valence-corrected chi connectivity index (χ2v) is 7.18. The van der Waals surface area contributed by atoms with E-state index >= 15 is 0 Å². The van der Waals surface area contributed by atoms with Crippen LogP contribution < -0.4 is 10.2 Å².